The third kappa shape index (κ3) is 14.9. The SMILES string of the molecule is CC.CC.CC.CC.CC.COc1c(C)c(C)c2c(c1C)CCC(C)(C)O2.COc1ccccc1.c1ccc2[nH]ccc2c1. The summed E-state index contributed by atoms with van der Waals surface area (Å²) >= 11 is 0. The van der Waals surface area contributed by atoms with Crippen LogP contribution in [-0.2, 0) is 6.42 Å². The molecular weight excluding hydrogens is 542 g/mol. The maximum absolute atomic E-state index is 6.16. The summed E-state index contributed by atoms with van der Waals surface area (Å²) in [6.45, 7) is 30.7. The molecule has 0 radical (unpaired) electrons. The molecule has 5 rings (SSSR count). The van der Waals surface area contributed by atoms with Gasteiger partial charge in [0.15, 0.2) is 0 Å². The van der Waals surface area contributed by atoms with Gasteiger partial charge in [0.2, 0.25) is 0 Å². The lowest BCUT2D eigenvalue weighted by molar-refractivity contribution is 0.0831. The van der Waals surface area contributed by atoms with E-state index in [4.69, 9.17) is 14.2 Å². The predicted molar refractivity (Wildman–Crippen MR) is 198 cm³/mol. The second kappa shape index (κ2) is 27.2. The molecule has 4 nitrogen and oxygen atoms in total. The Morgan fingerprint density at radius 3 is 1.64 bits per heavy atom. The summed E-state index contributed by atoms with van der Waals surface area (Å²) in [7, 11) is 3.41. The number of para-hydroxylation sites is 2. The van der Waals surface area contributed by atoms with Crippen LogP contribution in [0.25, 0.3) is 10.9 Å². The van der Waals surface area contributed by atoms with Crippen molar-refractivity contribution in [3.63, 3.8) is 0 Å². The average molecular weight is 610 g/mol. The summed E-state index contributed by atoms with van der Waals surface area (Å²) in [6.07, 6.45) is 4.09. The number of fused-ring (bicyclic) bond motifs is 2. The number of rotatable bonds is 2. The number of hydrogen-bond donors (Lipinski definition) is 1. The summed E-state index contributed by atoms with van der Waals surface area (Å²) < 4.78 is 16.6. The van der Waals surface area contributed by atoms with Crippen molar-refractivity contribution in [3.8, 4) is 17.2 Å². The smallest absolute Gasteiger partial charge is 0.127 e. The van der Waals surface area contributed by atoms with Gasteiger partial charge in [-0.15, -0.1) is 0 Å². The topological polar surface area (TPSA) is 43.5 Å². The number of aromatic nitrogens is 1. The molecule has 0 spiro atoms. The van der Waals surface area contributed by atoms with Crippen molar-refractivity contribution in [2.45, 2.75) is 122 Å². The quantitative estimate of drug-likeness (QED) is 0.246. The molecule has 250 valence electrons. The normalized spacial score (nSPS) is 11.0. The lowest BCUT2D eigenvalue weighted by atomic mass is 9.88. The number of nitrogens with one attached hydrogen (secondary N) is 1. The van der Waals surface area contributed by atoms with Gasteiger partial charge >= 0.3 is 0 Å². The number of benzene rings is 3. The van der Waals surface area contributed by atoms with Gasteiger partial charge in [-0.25, -0.2) is 0 Å². The van der Waals surface area contributed by atoms with E-state index in [0.717, 1.165) is 30.1 Å². The van der Waals surface area contributed by atoms with Crippen molar-refractivity contribution in [1.82, 2.24) is 4.98 Å². The van der Waals surface area contributed by atoms with Crippen LogP contribution in [0.3, 0.4) is 0 Å². The molecule has 4 aromatic rings. The minimum Gasteiger partial charge on any atom is -0.497 e. The minimum atomic E-state index is -0.0504. The Hall–Kier alpha value is -3.40. The van der Waals surface area contributed by atoms with Crippen LogP contribution in [0.5, 0.6) is 17.2 Å². The highest BCUT2D eigenvalue weighted by Crippen LogP contribution is 2.43. The summed E-state index contributed by atoms with van der Waals surface area (Å²) in [5.74, 6) is 3.01. The zero-order chi connectivity index (χ0) is 34.7. The molecule has 0 saturated heterocycles. The molecule has 2 heterocycles. The highest BCUT2D eigenvalue weighted by molar-refractivity contribution is 5.78. The van der Waals surface area contributed by atoms with Crippen molar-refractivity contribution < 1.29 is 14.2 Å². The van der Waals surface area contributed by atoms with Crippen LogP contribution in [0.4, 0.5) is 0 Å². The van der Waals surface area contributed by atoms with E-state index in [0.29, 0.717) is 0 Å². The van der Waals surface area contributed by atoms with Crippen LogP contribution in [0.2, 0.25) is 0 Å². The molecular formula is C40H67NO3. The molecule has 1 aliphatic rings. The minimum absolute atomic E-state index is 0.0504. The van der Waals surface area contributed by atoms with Crippen LogP contribution in [0, 0.1) is 20.8 Å². The monoisotopic (exact) mass is 610 g/mol. The van der Waals surface area contributed by atoms with Crippen LogP contribution in [-0.4, -0.2) is 24.8 Å². The Kier molecular flexibility index (Phi) is 27.8. The molecule has 0 fully saturated rings. The van der Waals surface area contributed by atoms with Crippen LogP contribution in [0.15, 0.2) is 66.9 Å². The van der Waals surface area contributed by atoms with Crippen LogP contribution >= 0.6 is 0 Å². The van der Waals surface area contributed by atoms with Gasteiger partial charge in [0.05, 0.1) is 14.2 Å². The largest absolute Gasteiger partial charge is 0.497 e. The molecule has 0 amide bonds. The first-order chi connectivity index (χ1) is 21.3. The van der Waals surface area contributed by atoms with Gasteiger partial charge in [0.1, 0.15) is 22.8 Å². The van der Waals surface area contributed by atoms with Crippen LogP contribution < -0.4 is 14.2 Å². The fourth-order valence-electron chi connectivity index (χ4n) is 4.21. The van der Waals surface area contributed by atoms with Crippen molar-refractivity contribution in [3.05, 3.63) is 89.1 Å². The fourth-order valence-corrected chi connectivity index (χ4v) is 4.21. The lowest BCUT2D eigenvalue weighted by Crippen LogP contribution is -2.33. The summed E-state index contributed by atoms with van der Waals surface area (Å²) in [4.78, 5) is 3.12. The van der Waals surface area contributed by atoms with E-state index in [1.165, 1.54) is 33.2 Å². The van der Waals surface area contributed by atoms with E-state index in [1.54, 1.807) is 14.2 Å². The van der Waals surface area contributed by atoms with E-state index in [9.17, 15) is 0 Å². The molecule has 0 unspecified atom stereocenters. The molecule has 44 heavy (non-hydrogen) atoms. The molecule has 0 saturated carbocycles. The van der Waals surface area contributed by atoms with Crippen molar-refractivity contribution in [2.75, 3.05) is 14.2 Å². The van der Waals surface area contributed by atoms with Gasteiger partial charge in [0.25, 0.3) is 0 Å². The Morgan fingerprint density at radius 2 is 1.16 bits per heavy atom. The first-order valence-corrected chi connectivity index (χ1v) is 16.7. The van der Waals surface area contributed by atoms with Gasteiger partial charge in [0, 0.05) is 17.3 Å². The fraction of sp³-hybridized carbons (Fsp3) is 0.500. The van der Waals surface area contributed by atoms with Crippen molar-refractivity contribution >= 4 is 10.9 Å². The summed E-state index contributed by atoms with van der Waals surface area (Å²) in [5, 5.41) is 1.28. The molecule has 1 aromatic heterocycles. The van der Waals surface area contributed by atoms with Gasteiger partial charge < -0.3 is 19.2 Å². The van der Waals surface area contributed by atoms with E-state index in [1.807, 2.05) is 118 Å². The second-order valence-corrected chi connectivity index (χ2v) is 9.16. The predicted octanol–water partition coefficient (Wildman–Crippen LogP) is 12.7. The van der Waals surface area contributed by atoms with E-state index < -0.39 is 0 Å². The number of H-pyrrole nitrogens is 1. The van der Waals surface area contributed by atoms with Crippen molar-refractivity contribution in [1.29, 1.82) is 0 Å². The zero-order valence-electron chi connectivity index (χ0n) is 31.5. The first kappa shape index (κ1) is 45.0. The van der Waals surface area contributed by atoms with E-state index in [2.05, 4.69) is 57.8 Å². The number of ether oxygens (including phenoxy) is 3. The summed E-state index contributed by atoms with van der Waals surface area (Å²) in [6, 6.07) is 20.0. The molecule has 3 aromatic carbocycles. The number of hydrogen-bond acceptors (Lipinski definition) is 3. The third-order valence-electron chi connectivity index (χ3n) is 6.31. The molecule has 1 aliphatic heterocycles. The van der Waals surface area contributed by atoms with Gasteiger partial charge in [-0.2, -0.15) is 0 Å². The Morgan fingerprint density at radius 1 is 0.636 bits per heavy atom. The second-order valence-electron chi connectivity index (χ2n) is 9.16. The Labute approximate surface area is 272 Å². The Bertz CT molecular complexity index is 1180. The molecule has 4 heteroatoms. The molecule has 0 aliphatic carbocycles. The zero-order valence-corrected chi connectivity index (χ0v) is 31.5. The highest BCUT2D eigenvalue weighted by atomic mass is 16.5. The molecule has 0 bridgehead atoms. The van der Waals surface area contributed by atoms with Crippen molar-refractivity contribution in [2.24, 2.45) is 0 Å². The average Bonchev–Trinajstić information content (AvgIpc) is 3.58. The molecule has 0 atom stereocenters. The van der Waals surface area contributed by atoms with Gasteiger partial charge in [-0.3, -0.25) is 0 Å². The summed E-state index contributed by atoms with van der Waals surface area (Å²) in [5.41, 5.74) is 6.13. The van der Waals surface area contributed by atoms with E-state index in [-0.39, 0.29) is 5.60 Å². The first-order valence-electron chi connectivity index (χ1n) is 16.7. The third-order valence-corrected chi connectivity index (χ3v) is 6.31. The lowest BCUT2D eigenvalue weighted by Gasteiger charge is -2.35. The molecule has 1 N–H and O–H groups in total. The van der Waals surface area contributed by atoms with Gasteiger partial charge in [-0.1, -0.05) is 106 Å². The number of methoxy groups -OCH3 is 2. The maximum Gasteiger partial charge on any atom is 0.127 e. The number of aromatic amines is 1. The van der Waals surface area contributed by atoms with Crippen LogP contribution in [0.1, 0.15) is 112 Å². The Balaban J connectivity index is -0.000000530. The maximum atomic E-state index is 6.16. The van der Waals surface area contributed by atoms with Gasteiger partial charge in [-0.05, 0) is 93.8 Å². The van der Waals surface area contributed by atoms with E-state index >= 15 is 0 Å². The highest BCUT2D eigenvalue weighted by Gasteiger charge is 2.30. The standard InChI is InChI=1S/C15H22O2.C8H7N.C7H8O.5C2H6/c1-9-10(2)14-12(11(3)13(9)16-6)7-8-15(4,5)17-14;1-2-4-8-7(3-1)5-6-9-8;1-8-7-5-3-2-4-6-7;5*1-2/h7-8H2,1-6H3;1-6,9H;2-6H,1H3;5*1-2H3.